The molecule has 0 radical (unpaired) electrons. The lowest BCUT2D eigenvalue weighted by atomic mass is 9.99. The summed E-state index contributed by atoms with van der Waals surface area (Å²) >= 11 is 0. The van der Waals surface area contributed by atoms with Crippen LogP contribution >= 0.6 is 0 Å². The van der Waals surface area contributed by atoms with Crippen molar-refractivity contribution in [2.75, 3.05) is 6.61 Å². The van der Waals surface area contributed by atoms with E-state index in [1.54, 1.807) is 0 Å². The number of para-hydroxylation sites is 1. The minimum absolute atomic E-state index is 0.337. The molecule has 0 aromatic heterocycles. The van der Waals surface area contributed by atoms with Crippen molar-refractivity contribution < 1.29 is 4.74 Å². The first-order valence-corrected chi connectivity index (χ1v) is 5.88. The Kier molecular flexibility index (Phi) is 2.66. The monoisotopic (exact) mass is 222 g/mol. The van der Waals surface area contributed by atoms with Gasteiger partial charge in [0.1, 0.15) is 5.75 Å². The molecular formula is C16H14O. The number of fused-ring (bicyclic) bond motifs is 1. The van der Waals surface area contributed by atoms with E-state index in [0.717, 1.165) is 11.3 Å². The molecule has 2 aromatic rings. The summed E-state index contributed by atoms with van der Waals surface area (Å²) in [6.07, 6.45) is 4.38. The fourth-order valence-electron chi connectivity index (χ4n) is 2.11. The summed E-state index contributed by atoms with van der Waals surface area (Å²) in [5, 5.41) is 0. The second kappa shape index (κ2) is 4.46. The lowest BCUT2D eigenvalue weighted by Crippen LogP contribution is -2.06. The normalized spacial score (nSPS) is 18.0. The molecule has 0 fully saturated rings. The van der Waals surface area contributed by atoms with Crippen LogP contribution < -0.4 is 4.74 Å². The van der Waals surface area contributed by atoms with Crippen LogP contribution in [-0.4, -0.2) is 6.61 Å². The van der Waals surface area contributed by atoms with Gasteiger partial charge in [0.05, 0.1) is 6.61 Å². The van der Waals surface area contributed by atoms with Gasteiger partial charge in [-0.2, -0.15) is 0 Å². The summed E-state index contributed by atoms with van der Waals surface area (Å²) in [6, 6.07) is 18.6. The third-order valence-electron chi connectivity index (χ3n) is 3.07. The Morgan fingerprint density at radius 2 is 1.65 bits per heavy atom. The summed E-state index contributed by atoms with van der Waals surface area (Å²) in [5.74, 6) is 1.31. The van der Waals surface area contributed by atoms with E-state index in [9.17, 15) is 0 Å². The van der Waals surface area contributed by atoms with Gasteiger partial charge in [-0.15, -0.1) is 0 Å². The molecule has 1 heteroatoms. The Hall–Kier alpha value is -2.02. The lowest BCUT2D eigenvalue weighted by Gasteiger charge is -2.12. The van der Waals surface area contributed by atoms with Crippen molar-refractivity contribution in [2.24, 2.45) is 0 Å². The smallest absolute Gasteiger partial charge is 0.126 e. The second-order valence-electron chi connectivity index (χ2n) is 4.23. The highest BCUT2D eigenvalue weighted by Gasteiger charge is 2.13. The summed E-state index contributed by atoms with van der Waals surface area (Å²) < 4.78 is 5.85. The number of rotatable bonds is 1. The van der Waals surface area contributed by atoms with Gasteiger partial charge in [0.2, 0.25) is 0 Å². The van der Waals surface area contributed by atoms with Crippen molar-refractivity contribution >= 4 is 6.08 Å². The van der Waals surface area contributed by atoms with E-state index in [2.05, 4.69) is 42.5 Å². The average Bonchev–Trinajstić information content (AvgIpc) is 2.62. The van der Waals surface area contributed by atoms with E-state index in [0.29, 0.717) is 12.5 Å². The third kappa shape index (κ3) is 2.09. The molecule has 84 valence electrons. The van der Waals surface area contributed by atoms with Gasteiger partial charge in [-0.05, 0) is 11.6 Å². The zero-order valence-corrected chi connectivity index (χ0v) is 9.54. The van der Waals surface area contributed by atoms with Crippen molar-refractivity contribution in [3.8, 4) is 5.75 Å². The zero-order chi connectivity index (χ0) is 11.5. The van der Waals surface area contributed by atoms with Crippen LogP contribution in [0.15, 0.2) is 60.7 Å². The molecule has 17 heavy (non-hydrogen) atoms. The van der Waals surface area contributed by atoms with Crippen LogP contribution in [0.5, 0.6) is 5.75 Å². The number of ether oxygens (including phenoxy) is 1. The van der Waals surface area contributed by atoms with Gasteiger partial charge in [0.15, 0.2) is 0 Å². The predicted molar refractivity (Wildman–Crippen MR) is 70.2 cm³/mol. The van der Waals surface area contributed by atoms with Crippen molar-refractivity contribution in [2.45, 2.75) is 5.92 Å². The average molecular weight is 222 g/mol. The number of hydrogen-bond acceptors (Lipinski definition) is 1. The zero-order valence-electron chi connectivity index (χ0n) is 9.54. The Morgan fingerprint density at radius 3 is 2.53 bits per heavy atom. The van der Waals surface area contributed by atoms with Crippen LogP contribution in [0, 0.1) is 0 Å². The van der Waals surface area contributed by atoms with Crippen LogP contribution in [0.2, 0.25) is 0 Å². The molecule has 1 aliphatic heterocycles. The molecule has 1 nitrogen and oxygen atoms in total. The van der Waals surface area contributed by atoms with Crippen LogP contribution in [-0.2, 0) is 0 Å². The molecule has 0 N–H and O–H groups in total. The molecule has 3 rings (SSSR count). The van der Waals surface area contributed by atoms with Crippen molar-refractivity contribution in [1.82, 2.24) is 0 Å². The van der Waals surface area contributed by atoms with E-state index in [-0.39, 0.29) is 0 Å². The SMILES string of the molecule is C1=CC(c2ccccc2)COc2ccccc21. The molecule has 1 aliphatic rings. The highest BCUT2D eigenvalue weighted by atomic mass is 16.5. The van der Waals surface area contributed by atoms with Crippen LogP contribution in [0.25, 0.3) is 6.08 Å². The van der Waals surface area contributed by atoms with Crippen molar-refractivity contribution in [1.29, 1.82) is 0 Å². The molecule has 0 spiro atoms. The largest absolute Gasteiger partial charge is 0.492 e. The Balaban J connectivity index is 1.90. The van der Waals surface area contributed by atoms with Gasteiger partial charge in [0.25, 0.3) is 0 Å². The van der Waals surface area contributed by atoms with Gasteiger partial charge in [-0.25, -0.2) is 0 Å². The minimum Gasteiger partial charge on any atom is -0.492 e. The predicted octanol–water partition coefficient (Wildman–Crippen LogP) is 3.88. The first kappa shape index (κ1) is 10.2. The molecule has 1 unspecified atom stereocenters. The summed E-state index contributed by atoms with van der Waals surface area (Å²) in [4.78, 5) is 0. The van der Waals surface area contributed by atoms with E-state index in [4.69, 9.17) is 4.74 Å². The molecule has 1 atom stereocenters. The summed E-state index contributed by atoms with van der Waals surface area (Å²) in [7, 11) is 0. The summed E-state index contributed by atoms with van der Waals surface area (Å²) in [5.41, 5.74) is 2.46. The van der Waals surface area contributed by atoms with E-state index in [1.165, 1.54) is 5.56 Å². The maximum atomic E-state index is 5.85. The first-order chi connectivity index (χ1) is 8.43. The standard InChI is InChI=1S/C16H14O/c1-2-6-13(7-3-1)15-11-10-14-8-4-5-9-16(14)17-12-15/h1-11,15H,12H2. The van der Waals surface area contributed by atoms with E-state index < -0.39 is 0 Å². The van der Waals surface area contributed by atoms with Crippen LogP contribution in [0.1, 0.15) is 17.0 Å². The molecule has 0 saturated heterocycles. The molecule has 2 aromatic carbocycles. The van der Waals surface area contributed by atoms with Gasteiger partial charge >= 0.3 is 0 Å². The maximum Gasteiger partial charge on any atom is 0.126 e. The van der Waals surface area contributed by atoms with E-state index in [1.807, 2.05) is 24.3 Å². The second-order valence-corrected chi connectivity index (χ2v) is 4.23. The van der Waals surface area contributed by atoms with Crippen molar-refractivity contribution in [3.63, 3.8) is 0 Å². The topological polar surface area (TPSA) is 9.23 Å². The van der Waals surface area contributed by atoms with Crippen LogP contribution in [0.4, 0.5) is 0 Å². The Labute approximate surface area is 101 Å². The fraction of sp³-hybridized carbons (Fsp3) is 0.125. The van der Waals surface area contributed by atoms with Crippen molar-refractivity contribution in [3.05, 3.63) is 71.8 Å². The molecule has 0 saturated carbocycles. The fourth-order valence-corrected chi connectivity index (χ4v) is 2.11. The highest BCUT2D eigenvalue weighted by Crippen LogP contribution is 2.28. The number of benzene rings is 2. The van der Waals surface area contributed by atoms with Gasteiger partial charge < -0.3 is 4.74 Å². The first-order valence-electron chi connectivity index (χ1n) is 5.88. The van der Waals surface area contributed by atoms with E-state index >= 15 is 0 Å². The highest BCUT2D eigenvalue weighted by molar-refractivity contribution is 5.59. The molecule has 0 aliphatic carbocycles. The third-order valence-corrected chi connectivity index (χ3v) is 3.07. The quantitative estimate of drug-likeness (QED) is 0.711. The molecule has 0 amide bonds. The lowest BCUT2D eigenvalue weighted by molar-refractivity contribution is 0.308. The molecular weight excluding hydrogens is 208 g/mol. The Morgan fingerprint density at radius 1 is 0.882 bits per heavy atom. The van der Waals surface area contributed by atoms with Gasteiger partial charge in [0, 0.05) is 11.5 Å². The van der Waals surface area contributed by atoms with Gasteiger partial charge in [-0.3, -0.25) is 0 Å². The van der Waals surface area contributed by atoms with Crippen LogP contribution in [0.3, 0.4) is 0 Å². The van der Waals surface area contributed by atoms with Gasteiger partial charge in [-0.1, -0.05) is 60.7 Å². The maximum absolute atomic E-state index is 5.85. The molecule has 1 heterocycles. The summed E-state index contributed by atoms with van der Waals surface area (Å²) in [6.45, 7) is 0.706. The minimum atomic E-state index is 0.337. The molecule has 0 bridgehead atoms. The Bertz CT molecular complexity index is 528. The number of hydrogen-bond donors (Lipinski definition) is 0.